The number of carbonyl (C=O) groups excluding carboxylic acids is 1. The van der Waals surface area contributed by atoms with Crippen LogP contribution >= 0.6 is 0 Å². The summed E-state index contributed by atoms with van der Waals surface area (Å²) in [5, 5.41) is 0. The molecule has 0 atom stereocenters. The van der Waals surface area contributed by atoms with Crippen molar-refractivity contribution in [2.24, 2.45) is 0 Å². The van der Waals surface area contributed by atoms with Gasteiger partial charge in [-0.2, -0.15) is 0 Å². The summed E-state index contributed by atoms with van der Waals surface area (Å²) in [5.41, 5.74) is 0. The summed E-state index contributed by atoms with van der Waals surface area (Å²) >= 11 is 0. The lowest BCUT2D eigenvalue weighted by atomic mass is 10.7. The minimum atomic E-state index is -3.57. The summed E-state index contributed by atoms with van der Waals surface area (Å²) in [5.74, 6) is -1.45. The van der Waals surface area contributed by atoms with Crippen molar-refractivity contribution in [1.82, 2.24) is 4.72 Å². The highest BCUT2D eigenvalue weighted by molar-refractivity contribution is 7.90. The quantitative estimate of drug-likeness (QED) is 0.437. The molecule has 0 aromatic rings. The molecule has 0 heterocycles. The number of hydrogen-bond acceptors (Lipinski definition) is 5. The molecular weight excluding hydrogens is 198 g/mol. The van der Waals surface area contributed by atoms with E-state index in [-0.39, 0.29) is 13.2 Å². The van der Waals surface area contributed by atoms with E-state index >= 15 is 0 Å². The third-order valence-electron chi connectivity index (χ3n) is 1.16. The Morgan fingerprint density at radius 2 is 2.00 bits per heavy atom. The Labute approximate surface area is 77.3 Å². The minimum Gasteiger partial charge on any atom is -0.468 e. The van der Waals surface area contributed by atoms with E-state index in [2.05, 4.69) is 14.2 Å². The molecule has 0 saturated carbocycles. The van der Waals surface area contributed by atoms with Gasteiger partial charge in [0.2, 0.25) is 10.0 Å². The maximum Gasteiger partial charge on any atom is 0.322 e. The topological polar surface area (TPSA) is 81.7 Å². The largest absolute Gasteiger partial charge is 0.468 e. The molecule has 1 N–H and O–H groups in total. The van der Waals surface area contributed by atoms with Gasteiger partial charge in [-0.05, 0) is 0 Å². The molecule has 0 aliphatic rings. The fourth-order valence-electron chi connectivity index (χ4n) is 0.564. The summed E-state index contributed by atoms with van der Waals surface area (Å²) < 4.78 is 33.0. The van der Waals surface area contributed by atoms with Crippen LogP contribution in [0.4, 0.5) is 0 Å². The number of sulfonamides is 1. The third-order valence-corrected chi connectivity index (χ3v) is 2.42. The summed E-state index contributed by atoms with van der Waals surface area (Å²) in [7, 11) is -0.985. The molecule has 13 heavy (non-hydrogen) atoms. The van der Waals surface area contributed by atoms with Gasteiger partial charge in [0.25, 0.3) is 0 Å². The number of nitrogens with one attached hydrogen (secondary N) is 1. The molecule has 0 amide bonds. The molecule has 0 aliphatic carbocycles. The average molecular weight is 211 g/mol. The Kier molecular flexibility index (Phi) is 5.60. The molecule has 0 aliphatic heterocycles. The van der Waals surface area contributed by atoms with Gasteiger partial charge in [-0.1, -0.05) is 0 Å². The molecule has 78 valence electrons. The monoisotopic (exact) mass is 211 g/mol. The number of ether oxygens (including phenoxy) is 2. The highest BCUT2D eigenvalue weighted by Crippen LogP contribution is 1.85. The Morgan fingerprint density at radius 3 is 2.46 bits per heavy atom. The van der Waals surface area contributed by atoms with Gasteiger partial charge in [-0.3, -0.25) is 4.79 Å². The van der Waals surface area contributed by atoms with Crippen LogP contribution in [0.2, 0.25) is 0 Å². The van der Waals surface area contributed by atoms with E-state index in [4.69, 9.17) is 0 Å². The highest BCUT2D eigenvalue weighted by atomic mass is 32.2. The summed E-state index contributed by atoms with van der Waals surface area (Å²) in [6.07, 6.45) is 0. The lowest BCUT2D eigenvalue weighted by molar-refractivity contribution is -0.137. The first-order chi connectivity index (χ1) is 6.02. The molecule has 0 spiro atoms. The van der Waals surface area contributed by atoms with Crippen LogP contribution in [0.15, 0.2) is 0 Å². The Balaban J connectivity index is 3.88. The molecule has 7 heteroatoms. The first-order valence-electron chi connectivity index (χ1n) is 3.55. The van der Waals surface area contributed by atoms with E-state index in [0.717, 1.165) is 7.11 Å². The lowest BCUT2D eigenvalue weighted by Gasteiger charge is -2.04. The zero-order chi connectivity index (χ0) is 10.3. The van der Waals surface area contributed by atoms with Crippen LogP contribution in [0, 0.1) is 0 Å². The summed E-state index contributed by atoms with van der Waals surface area (Å²) in [4.78, 5) is 10.6. The Morgan fingerprint density at radius 1 is 1.38 bits per heavy atom. The minimum absolute atomic E-state index is 0.149. The number of hydrogen-bond donors (Lipinski definition) is 1. The average Bonchev–Trinajstić information content (AvgIpc) is 2.03. The summed E-state index contributed by atoms with van der Waals surface area (Å²) in [6, 6.07) is 0. The van der Waals surface area contributed by atoms with Crippen LogP contribution in [0.3, 0.4) is 0 Å². The molecule has 0 radical (unpaired) electrons. The van der Waals surface area contributed by atoms with E-state index in [9.17, 15) is 13.2 Å². The van der Waals surface area contributed by atoms with Crippen molar-refractivity contribution in [1.29, 1.82) is 0 Å². The van der Waals surface area contributed by atoms with Crippen LogP contribution < -0.4 is 4.72 Å². The zero-order valence-electron chi connectivity index (χ0n) is 7.57. The van der Waals surface area contributed by atoms with Crippen LogP contribution in [-0.2, 0) is 24.3 Å². The molecule has 6 nitrogen and oxygen atoms in total. The van der Waals surface area contributed by atoms with Gasteiger partial charge in [0.05, 0.1) is 13.7 Å². The van der Waals surface area contributed by atoms with Crippen LogP contribution in [0.5, 0.6) is 0 Å². The van der Waals surface area contributed by atoms with E-state index in [1.807, 2.05) is 0 Å². The number of esters is 1. The molecule has 0 bridgehead atoms. The number of methoxy groups -OCH3 is 2. The van der Waals surface area contributed by atoms with Gasteiger partial charge in [-0.25, -0.2) is 13.1 Å². The fourth-order valence-corrected chi connectivity index (χ4v) is 1.49. The van der Waals surface area contributed by atoms with Crippen LogP contribution in [0.1, 0.15) is 0 Å². The second kappa shape index (κ2) is 5.90. The van der Waals surface area contributed by atoms with Gasteiger partial charge in [0.15, 0.2) is 5.75 Å². The van der Waals surface area contributed by atoms with E-state index in [1.54, 1.807) is 0 Å². The Bertz CT molecular complexity index is 248. The standard InChI is InChI=1S/C6H13NO5S/c1-11-4-3-7-13(9,10)5-6(8)12-2/h7H,3-5H2,1-2H3. The molecule has 0 rings (SSSR count). The van der Waals surface area contributed by atoms with E-state index in [0.29, 0.717) is 0 Å². The molecule has 0 saturated heterocycles. The van der Waals surface area contributed by atoms with Gasteiger partial charge in [0, 0.05) is 13.7 Å². The van der Waals surface area contributed by atoms with Crippen molar-refractivity contribution in [3.05, 3.63) is 0 Å². The molecular formula is C6H13NO5S. The van der Waals surface area contributed by atoms with Crippen molar-refractivity contribution in [2.75, 3.05) is 33.1 Å². The maximum atomic E-state index is 11.0. The summed E-state index contributed by atoms with van der Waals surface area (Å²) in [6.45, 7) is 0.413. The highest BCUT2D eigenvalue weighted by Gasteiger charge is 2.15. The normalized spacial score (nSPS) is 11.2. The Hall–Kier alpha value is -0.660. The zero-order valence-corrected chi connectivity index (χ0v) is 8.39. The van der Waals surface area contributed by atoms with Gasteiger partial charge in [0.1, 0.15) is 0 Å². The third kappa shape index (κ3) is 6.50. The second-order valence-electron chi connectivity index (χ2n) is 2.22. The molecule has 0 aromatic carbocycles. The van der Waals surface area contributed by atoms with E-state index in [1.165, 1.54) is 7.11 Å². The smallest absolute Gasteiger partial charge is 0.322 e. The van der Waals surface area contributed by atoms with Crippen LogP contribution in [-0.4, -0.2) is 47.5 Å². The molecule has 0 fully saturated rings. The predicted octanol–water partition coefficient (Wildman–Crippen LogP) is -1.27. The van der Waals surface area contributed by atoms with Crippen LogP contribution in [0.25, 0.3) is 0 Å². The van der Waals surface area contributed by atoms with Gasteiger partial charge in [-0.15, -0.1) is 0 Å². The van der Waals surface area contributed by atoms with E-state index < -0.39 is 21.7 Å². The predicted molar refractivity (Wildman–Crippen MR) is 45.7 cm³/mol. The molecule has 0 unspecified atom stereocenters. The van der Waals surface area contributed by atoms with Gasteiger partial charge >= 0.3 is 5.97 Å². The van der Waals surface area contributed by atoms with Gasteiger partial charge < -0.3 is 9.47 Å². The van der Waals surface area contributed by atoms with Crippen molar-refractivity contribution in [3.63, 3.8) is 0 Å². The first kappa shape index (κ1) is 12.3. The van der Waals surface area contributed by atoms with Crippen molar-refractivity contribution >= 4 is 16.0 Å². The second-order valence-corrected chi connectivity index (χ2v) is 4.03. The lowest BCUT2D eigenvalue weighted by Crippen LogP contribution is -2.32. The SMILES string of the molecule is COCCNS(=O)(=O)CC(=O)OC. The van der Waals surface area contributed by atoms with Crippen molar-refractivity contribution in [3.8, 4) is 0 Å². The van der Waals surface area contributed by atoms with Crippen molar-refractivity contribution < 1.29 is 22.7 Å². The maximum absolute atomic E-state index is 11.0. The fraction of sp³-hybridized carbons (Fsp3) is 0.833. The number of rotatable bonds is 6. The van der Waals surface area contributed by atoms with Crippen molar-refractivity contribution in [2.45, 2.75) is 0 Å². The first-order valence-corrected chi connectivity index (χ1v) is 5.20. The number of carbonyl (C=O) groups is 1. The molecule has 0 aromatic heterocycles.